The number of carbonyl (C=O) groups is 1. The average Bonchev–Trinajstić information content (AvgIpc) is 2.77. The van der Waals surface area contributed by atoms with Gasteiger partial charge in [-0.2, -0.15) is 0 Å². The lowest BCUT2D eigenvalue weighted by molar-refractivity contribution is -0.122. The first-order valence-corrected chi connectivity index (χ1v) is 7.49. The topological polar surface area (TPSA) is 56.0 Å². The summed E-state index contributed by atoms with van der Waals surface area (Å²) in [5, 5.41) is 0.897. The van der Waals surface area contributed by atoms with Gasteiger partial charge < -0.3 is 5.73 Å². The molecule has 0 amide bonds. The number of hydrogen-bond donors (Lipinski definition) is 1. The number of hydrogen-bond acceptors (Lipinski definition) is 4. The van der Waals surface area contributed by atoms with Gasteiger partial charge in [-0.05, 0) is 24.5 Å². The zero-order valence-electron chi connectivity index (χ0n) is 11.4. The van der Waals surface area contributed by atoms with Crippen LogP contribution in [0.3, 0.4) is 0 Å². The van der Waals surface area contributed by atoms with Crippen molar-refractivity contribution in [3.63, 3.8) is 0 Å². The zero-order valence-corrected chi connectivity index (χ0v) is 12.2. The molecule has 19 heavy (non-hydrogen) atoms. The quantitative estimate of drug-likeness (QED) is 0.882. The fraction of sp³-hybridized carbons (Fsp3) is 0.467. The summed E-state index contributed by atoms with van der Waals surface area (Å²) in [7, 11) is 0. The molecule has 102 valence electrons. The number of para-hydroxylation sites is 1. The van der Waals surface area contributed by atoms with Gasteiger partial charge in [-0.25, -0.2) is 4.98 Å². The van der Waals surface area contributed by atoms with Crippen LogP contribution in [-0.2, 0) is 11.2 Å². The molecule has 0 spiro atoms. The molecular weight excluding hydrogens is 256 g/mol. The fourth-order valence-electron chi connectivity index (χ4n) is 2.22. The van der Waals surface area contributed by atoms with Gasteiger partial charge in [-0.3, -0.25) is 4.79 Å². The van der Waals surface area contributed by atoms with Crippen LogP contribution >= 0.6 is 11.3 Å². The van der Waals surface area contributed by atoms with Gasteiger partial charge in [0.2, 0.25) is 0 Å². The van der Waals surface area contributed by atoms with Gasteiger partial charge >= 0.3 is 0 Å². The molecule has 3 nitrogen and oxygen atoms in total. The monoisotopic (exact) mass is 276 g/mol. The summed E-state index contributed by atoms with van der Waals surface area (Å²) in [6, 6.07) is 7.98. The number of benzene rings is 1. The summed E-state index contributed by atoms with van der Waals surface area (Å²) in [4.78, 5) is 16.7. The Hall–Kier alpha value is -1.26. The SMILES string of the molecule is CC(C)CC(CN)C(=O)Cc1nc2ccccc2s1. The molecular formula is C15H20N2OS. The van der Waals surface area contributed by atoms with Crippen LogP contribution in [0.1, 0.15) is 25.3 Å². The molecule has 0 aliphatic heterocycles. The maximum atomic E-state index is 12.2. The summed E-state index contributed by atoms with van der Waals surface area (Å²) in [6.07, 6.45) is 1.27. The van der Waals surface area contributed by atoms with Gasteiger partial charge in [0.15, 0.2) is 0 Å². The fourth-order valence-corrected chi connectivity index (χ4v) is 3.19. The Morgan fingerprint density at radius 3 is 2.74 bits per heavy atom. The highest BCUT2D eigenvalue weighted by Crippen LogP contribution is 2.23. The molecule has 0 radical (unpaired) electrons. The van der Waals surface area contributed by atoms with E-state index in [-0.39, 0.29) is 11.7 Å². The molecule has 0 aliphatic carbocycles. The standard InChI is InChI=1S/C15H20N2OS/c1-10(2)7-11(9-16)13(18)8-15-17-12-5-3-4-6-14(12)19-15/h3-6,10-11H,7-9,16H2,1-2H3. The molecule has 0 saturated heterocycles. The van der Waals surface area contributed by atoms with E-state index >= 15 is 0 Å². The van der Waals surface area contributed by atoms with Gasteiger partial charge in [0.05, 0.1) is 16.6 Å². The Labute approximate surface area is 117 Å². The number of ketones is 1. The molecule has 4 heteroatoms. The van der Waals surface area contributed by atoms with Crippen molar-refractivity contribution < 1.29 is 4.79 Å². The van der Waals surface area contributed by atoms with E-state index in [1.165, 1.54) is 0 Å². The number of Topliss-reactive ketones (excluding diaryl/α,β-unsaturated/α-hetero) is 1. The van der Waals surface area contributed by atoms with Crippen molar-refractivity contribution >= 4 is 27.3 Å². The second-order valence-corrected chi connectivity index (χ2v) is 6.40. The first kappa shape index (κ1) is 14.2. The Morgan fingerprint density at radius 2 is 2.11 bits per heavy atom. The molecule has 0 bridgehead atoms. The van der Waals surface area contributed by atoms with Crippen LogP contribution < -0.4 is 5.73 Å². The van der Waals surface area contributed by atoms with E-state index in [4.69, 9.17) is 5.73 Å². The lowest BCUT2D eigenvalue weighted by Crippen LogP contribution is -2.26. The Bertz CT molecular complexity index is 529. The van der Waals surface area contributed by atoms with Gasteiger partial charge in [-0.15, -0.1) is 11.3 Å². The van der Waals surface area contributed by atoms with Crippen molar-refractivity contribution in [2.75, 3.05) is 6.54 Å². The third-order valence-corrected chi connectivity index (χ3v) is 4.20. The van der Waals surface area contributed by atoms with Crippen LogP contribution in [0, 0.1) is 11.8 Å². The molecule has 2 aromatic rings. The van der Waals surface area contributed by atoms with Crippen molar-refractivity contribution in [1.29, 1.82) is 0 Å². The minimum absolute atomic E-state index is 0.0352. The highest BCUT2D eigenvalue weighted by molar-refractivity contribution is 7.18. The molecule has 1 atom stereocenters. The molecule has 1 aromatic heterocycles. The molecule has 2 rings (SSSR count). The summed E-state index contributed by atoms with van der Waals surface area (Å²) >= 11 is 1.60. The number of aromatic nitrogens is 1. The number of nitrogens with zero attached hydrogens (tertiary/aromatic N) is 1. The minimum Gasteiger partial charge on any atom is -0.330 e. The molecule has 0 saturated carbocycles. The lowest BCUT2D eigenvalue weighted by atomic mass is 9.92. The Balaban J connectivity index is 2.09. The Morgan fingerprint density at radius 1 is 1.37 bits per heavy atom. The lowest BCUT2D eigenvalue weighted by Gasteiger charge is -2.14. The zero-order chi connectivity index (χ0) is 13.8. The third kappa shape index (κ3) is 3.61. The van der Waals surface area contributed by atoms with E-state index in [0.29, 0.717) is 18.9 Å². The number of thiazole rings is 1. The summed E-state index contributed by atoms with van der Waals surface area (Å²) in [6.45, 7) is 4.67. The van der Waals surface area contributed by atoms with E-state index < -0.39 is 0 Å². The summed E-state index contributed by atoms with van der Waals surface area (Å²) < 4.78 is 1.14. The van der Waals surface area contributed by atoms with Crippen LogP contribution in [0.4, 0.5) is 0 Å². The van der Waals surface area contributed by atoms with Gasteiger partial charge in [0.1, 0.15) is 10.8 Å². The van der Waals surface area contributed by atoms with Gasteiger partial charge in [0.25, 0.3) is 0 Å². The van der Waals surface area contributed by atoms with E-state index in [9.17, 15) is 4.79 Å². The van der Waals surface area contributed by atoms with Crippen molar-refractivity contribution in [2.24, 2.45) is 17.6 Å². The normalized spacial score (nSPS) is 13.1. The maximum Gasteiger partial charge on any atom is 0.144 e. The van der Waals surface area contributed by atoms with E-state index in [1.54, 1.807) is 11.3 Å². The van der Waals surface area contributed by atoms with E-state index in [2.05, 4.69) is 18.8 Å². The number of nitrogens with two attached hydrogens (primary N) is 1. The molecule has 1 unspecified atom stereocenters. The van der Waals surface area contributed by atoms with Crippen LogP contribution in [-0.4, -0.2) is 17.3 Å². The van der Waals surface area contributed by atoms with Gasteiger partial charge in [0, 0.05) is 12.5 Å². The predicted molar refractivity (Wildman–Crippen MR) is 80.3 cm³/mol. The predicted octanol–water partition coefficient (Wildman–Crippen LogP) is 3.03. The molecule has 1 aromatic carbocycles. The molecule has 0 fully saturated rings. The van der Waals surface area contributed by atoms with Crippen molar-refractivity contribution in [2.45, 2.75) is 26.7 Å². The second kappa shape index (κ2) is 6.26. The van der Waals surface area contributed by atoms with E-state index in [1.807, 2.05) is 24.3 Å². The van der Waals surface area contributed by atoms with Crippen LogP contribution in [0.25, 0.3) is 10.2 Å². The summed E-state index contributed by atoms with van der Waals surface area (Å²) in [5.74, 6) is 0.676. The van der Waals surface area contributed by atoms with Gasteiger partial charge in [-0.1, -0.05) is 26.0 Å². The molecule has 1 heterocycles. The highest BCUT2D eigenvalue weighted by Gasteiger charge is 2.19. The average molecular weight is 276 g/mol. The third-order valence-electron chi connectivity index (χ3n) is 3.16. The van der Waals surface area contributed by atoms with Crippen LogP contribution in [0.15, 0.2) is 24.3 Å². The van der Waals surface area contributed by atoms with Crippen molar-refractivity contribution in [3.8, 4) is 0 Å². The second-order valence-electron chi connectivity index (χ2n) is 5.28. The number of carbonyl (C=O) groups excluding carboxylic acids is 1. The highest BCUT2D eigenvalue weighted by atomic mass is 32.1. The maximum absolute atomic E-state index is 12.2. The smallest absolute Gasteiger partial charge is 0.144 e. The van der Waals surface area contributed by atoms with Crippen molar-refractivity contribution in [1.82, 2.24) is 4.98 Å². The minimum atomic E-state index is -0.0352. The van der Waals surface area contributed by atoms with E-state index in [0.717, 1.165) is 21.6 Å². The van der Waals surface area contributed by atoms with Crippen LogP contribution in [0.2, 0.25) is 0 Å². The molecule has 2 N–H and O–H groups in total. The first-order valence-electron chi connectivity index (χ1n) is 6.67. The summed E-state index contributed by atoms with van der Waals surface area (Å²) in [5.41, 5.74) is 6.69. The Kier molecular flexibility index (Phi) is 4.66. The largest absolute Gasteiger partial charge is 0.330 e. The van der Waals surface area contributed by atoms with Crippen molar-refractivity contribution in [3.05, 3.63) is 29.3 Å². The molecule has 0 aliphatic rings. The van der Waals surface area contributed by atoms with Crippen LogP contribution in [0.5, 0.6) is 0 Å². The first-order chi connectivity index (χ1) is 9.10. The number of fused-ring (bicyclic) bond motifs is 1. The number of rotatable bonds is 6.